The van der Waals surface area contributed by atoms with E-state index in [-0.39, 0.29) is 37.9 Å². The molecule has 0 aliphatic rings. The molecule has 3 N–H and O–H groups in total. The molecule has 5 heteroatoms. The first kappa shape index (κ1) is 25.2. The van der Waals surface area contributed by atoms with Crippen molar-refractivity contribution in [1.29, 1.82) is 0 Å². The second-order valence-electron chi connectivity index (χ2n) is 6.12. The van der Waals surface area contributed by atoms with Crippen molar-refractivity contribution in [2.75, 3.05) is 6.61 Å². The van der Waals surface area contributed by atoms with Crippen molar-refractivity contribution in [1.82, 2.24) is 0 Å². The van der Waals surface area contributed by atoms with Crippen molar-refractivity contribution >= 4 is 11.6 Å². The molecule has 0 aliphatic carbocycles. The third kappa shape index (κ3) is 11.5. The average molecular weight is 306 g/mol. The molecule has 0 rings (SSSR count). The van der Waals surface area contributed by atoms with E-state index < -0.39 is 17.6 Å². The average Bonchev–Trinajstić information content (AvgIpc) is 2.35. The molecule has 21 heavy (non-hydrogen) atoms. The molecule has 0 spiro atoms. The number of hydrogen-bond donors (Lipinski definition) is 3. The first-order chi connectivity index (χ1) is 8.98. The maximum Gasteiger partial charge on any atom is 0.166 e. The molecule has 0 bridgehead atoms. The maximum absolute atomic E-state index is 11.2. The second kappa shape index (κ2) is 11.8. The van der Waals surface area contributed by atoms with E-state index in [9.17, 15) is 9.59 Å². The zero-order valence-corrected chi connectivity index (χ0v) is 13.5. The van der Waals surface area contributed by atoms with Gasteiger partial charge in [0, 0.05) is 24.4 Å². The van der Waals surface area contributed by atoms with Gasteiger partial charge in [0.1, 0.15) is 12.2 Å². The predicted molar refractivity (Wildman–Crippen MR) is 85.0 cm³/mol. The van der Waals surface area contributed by atoms with Crippen LogP contribution in [-0.2, 0) is 9.59 Å². The summed E-state index contributed by atoms with van der Waals surface area (Å²) in [5.41, 5.74) is -0.519. The van der Waals surface area contributed by atoms with Crippen LogP contribution in [0.25, 0.3) is 0 Å². The number of rotatable bonds is 6. The number of Topliss-reactive ketones (excluding diaryl/α,β-unsaturated/α-hetero) is 2. The molecule has 2 unspecified atom stereocenters. The minimum Gasteiger partial charge on any atom is -0.396 e. The van der Waals surface area contributed by atoms with Crippen molar-refractivity contribution in [3.05, 3.63) is 0 Å². The first-order valence-corrected chi connectivity index (χ1v) is 7.04. The van der Waals surface area contributed by atoms with Gasteiger partial charge in [-0.2, -0.15) is 0 Å². The van der Waals surface area contributed by atoms with Gasteiger partial charge in [-0.3, -0.25) is 9.59 Å². The quantitative estimate of drug-likeness (QED) is 0.697. The number of carbonyl (C=O) groups is 2. The summed E-state index contributed by atoms with van der Waals surface area (Å²) < 4.78 is 0. The zero-order chi connectivity index (χ0) is 16.5. The summed E-state index contributed by atoms with van der Waals surface area (Å²) >= 11 is 0. The number of aliphatic hydroxyl groups excluding tert-OH is 3. The second-order valence-corrected chi connectivity index (χ2v) is 6.12. The van der Waals surface area contributed by atoms with E-state index in [0.717, 1.165) is 0 Å². The molecule has 0 amide bonds. The molecule has 0 saturated heterocycles. The van der Waals surface area contributed by atoms with Crippen molar-refractivity contribution in [2.45, 2.75) is 74.0 Å². The Bertz CT molecular complexity index is 292. The molecule has 0 aliphatic heterocycles. The van der Waals surface area contributed by atoms with E-state index in [0.29, 0.717) is 6.42 Å². The molecular weight excluding hydrogens is 272 g/mol. The highest BCUT2D eigenvalue weighted by Crippen LogP contribution is 2.17. The summed E-state index contributed by atoms with van der Waals surface area (Å²) in [7, 11) is 0. The van der Waals surface area contributed by atoms with E-state index in [1.165, 1.54) is 0 Å². The lowest BCUT2D eigenvalue weighted by Crippen LogP contribution is -2.32. The monoisotopic (exact) mass is 306 g/mol. The van der Waals surface area contributed by atoms with Gasteiger partial charge >= 0.3 is 0 Å². The summed E-state index contributed by atoms with van der Waals surface area (Å²) in [6.45, 7) is 10.5. The lowest BCUT2D eigenvalue weighted by Gasteiger charge is -2.19. The molecule has 0 heterocycles. The number of hydrogen-bond acceptors (Lipinski definition) is 5. The van der Waals surface area contributed by atoms with Crippen LogP contribution < -0.4 is 0 Å². The van der Waals surface area contributed by atoms with Gasteiger partial charge in [0.2, 0.25) is 0 Å². The molecule has 2 atom stereocenters. The van der Waals surface area contributed by atoms with E-state index in [1.54, 1.807) is 41.5 Å². The maximum atomic E-state index is 11.2. The molecule has 0 aromatic carbocycles. The number of aliphatic hydroxyl groups is 3. The smallest absolute Gasteiger partial charge is 0.166 e. The fourth-order valence-corrected chi connectivity index (χ4v) is 1.34. The van der Waals surface area contributed by atoms with Gasteiger partial charge in [-0.25, -0.2) is 0 Å². The van der Waals surface area contributed by atoms with Crippen LogP contribution in [0.3, 0.4) is 0 Å². The summed E-state index contributed by atoms with van der Waals surface area (Å²) in [6, 6.07) is 0. The molecule has 0 saturated carbocycles. The Morgan fingerprint density at radius 3 is 1.67 bits per heavy atom. The minimum absolute atomic E-state index is 0. The minimum atomic E-state index is -1.01. The molecule has 128 valence electrons. The first-order valence-electron chi connectivity index (χ1n) is 7.04. The van der Waals surface area contributed by atoms with E-state index in [1.807, 2.05) is 0 Å². The van der Waals surface area contributed by atoms with Crippen LogP contribution in [0.1, 0.15) is 61.8 Å². The van der Waals surface area contributed by atoms with Gasteiger partial charge in [0.25, 0.3) is 0 Å². The molecule has 5 nitrogen and oxygen atoms in total. The van der Waals surface area contributed by atoms with Crippen molar-refractivity contribution in [3.63, 3.8) is 0 Å². The third-order valence-corrected chi connectivity index (χ3v) is 2.73. The Morgan fingerprint density at radius 2 is 1.48 bits per heavy atom. The Kier molecular flexibility index (Phi) is 14.2. The lowest BCUT2D eigenvalue weighted by atomic mass is 9.87. The molecule has 0 aromatic rings. The summed E-state index contributed by atoms with van der Waals surface area (Å²) in [4.78, 5) is 22.0. The van der Waals surface area contributed by atoms with Gasteiger partial charge < -0.3 is 15.3 Å². The summed E-state index contributed by atoms with van der Waals surface area (Å²) in [6.07, 6.45) is -1.10. The van der Waals surface area contributed by atoms with Gasteiger partial charge in [0.05, 0.1) is 0 Å². The zero-order valence-electron chi connectivity index (χ0n) is 13.5. The number of carbonyl (C=O) groups excluding carboxylic acids is 2. The van der Waals surface area contributed by atoms with E-state index >= 15 is 0 Å². The van der Waals surface area contributed by atoms with Crippen LogP contribution in [0.15, 0.2) is 0 Å². The molecule has 0 aromatic heterocycles. The van der Waals surface area contributed by atoms with Crippen LogP contribution in [0.2, 0.25) is 0 Å². The van der Waals surface area contributed by atoms with E-state index in [4.69, 9.17) is 15.3 Å². The fourth-order valence-electron chi connectivity index (χ4n) is 1.34. The highest BCUT2D eigenvalue weighted by molar-refractivity contribution is 5.87. The highest BCUT2D eigenvalue weighted by atomic mass is 16.3. The summed E-state index contributed by atoms with van der Waals surface area (Å²) in [5.74, 6) is -0.316. The Morgan fingerprint density at radius 1 is 1.05 bits per heavy atom. The van der Waals surface area contributed by atoms with Crippen LogP contribution in [-0.4, -0.2) is 45.7 Å². The van der Waals surface area contributed by atoms with Crippen molar-refractivity contribution in [3.8, 4) is 0 Å². The topological polar surface area (TPSA) is 94.8 Å². The van der Waals surface area contributed by atoms with Crippen molar-refractivity contribution in [2.24, 2.45) is 11.3 Å². The third-order valence-electron chi connectivity index (χ3n) is 2.73. The number of ketones is 2. The van der Waals surface area contributed by atoms with Crippen LogP contribution in [0.5, 0.6) is 0 Å². The van der Waals surface area contributed by atoms with Gasteiger partial charge in [-0.05, 0) is 6.42 Å². The summed E-state index contributed by atoms with van der Waals surface area (Å²) in [5, 5.41) is 26.5. The molecule has 0 radical (unpaired) electrons. The van der Waals surface area contributed by atoms with Crippen LogP contribution in [0.4, 0.5) is 0 Å². The lowest BCUT2D eigenvalue weighted by molar-refractivity contribution is -0.135. The molecule has 0 fully saturated rings. The van der Waals surface area contributed by atoms with Crippen LogP contribution in [0, 0.1) is 11.3 Å². The SMILES string of the molecule is C.CC(C)(C)C(=O)C(O)CCO.CCC(O)C(=O)C(C)C. The largest absolute Gasteiger partial charge is 0.396 e. The van der Waals surface area contributed by atoms with Crippen molar-refractivity contribution < 1.29 is 24.9 Å². The van der Waals surface area contributed by atoms with E-state index in [2.05, 4.69) is 0 Å². The normalized spacial score (nSPS) is 13.6. The standard InChI is InChI=1S/C8H16O3.C7H14O2.CH4/c1-8(2,3)7(11)6(10)4-5-9;1-4-6(8)7(9)5(2)3;/h6,9-10H,4-5H2,1-3H3;5-6,8H,4H2,1-3H3;1H4. The predicted octanol–water partition coefficient (Wildman–Crippen LogP) is 1.96. The Labute approximate surface area is 129 Å². The molecular formula is C16H34O5. The van der Waals surface area contributed by atoms with Gasteiger partial charge in [0.15, 0.2) is 11.6 Å². The Hall–Kier alpha value is -0.780. The van der Waals surface area contributed by atoms with Crippen LogP contribution >= 0.6 is 0 Å². The van der Waals surface area contributed by atoms with Gasteiger partial charge in [-0.1, -0.05) is 49.0 Å². The fraction of sp³-hybridized carbons (Fsp3) is 0.875. The van der Waals surface area contributed by atoms with Gasteiger partial charge in [-0.15, -0.1) is 0 Å². The highest BCUT2D eigenvalue weighted by Gasteiger charge is 2.27. The Balaban J connectivity index is -0.000000300.